The predicted octanol–water partition coefficient (Wildman–Crippen LogP) is 2.18. The lowest BCUT2D eigenvalue weighted by Gasteiger charge is -2.09. The van der Waals surface area contributed by atoms with Gasteiger partial charge in [-0.2, -0.15) is 0 Å². The number of aliphatic carboxylic acids is 1. The molecule has 0 bridgehead atoms. The highest BCUT2D eigenvalue weighted by Crippen LogP contribution is 2.14. The van der Waals surface area contributed by atoms with Crippen molar-refractivity contribution in [2.24, 2.45) is 0 Å². The van der Waals surface area contributed by atoms with E-state index < -0.39 is 5.97 Å². The molecule has 3 N–H and O–H groups in total. The second-order valence-electron chi connectivity index (χ2n) is 5.04. The number of aromatic nitrogens is 1. The summed E-state index contributed by atoms with van der Waals surface area (Å²) in [6.45, 7) is 1.48. The number of nitrogens with one attached hydrogen (secondary N) is 2. The fourth-order valence-corrected chi connectivity index (χ4v) is 2.07. The van der Waals surface area contributed by atoms with E-state index in [4.69, 9.17) is 5.11 Å². The topological polar surface area (TPSA) is 100 Å². The number of carbonyl (C=O) groups excluding carboxylic acids is 2. The van der Waals surface area contributed by atoms with Gasteiger partial charge in [-0.15, -0.1) is 0 Å². The van der Waals surface area contributed by atoms with Crippen LogP contribution in [0.2, 0.25) is 0 Å². The molecule has 0 radical (unpaired) electrons. The Balaban J connectivity index is 1.97. The van der Waals surface area contributed by atoms with E-state index in [0.29, 0.717) is 17.1 Å². The summed E-state index contributed by atoms with van der Waals surface area (Å²) in [4.78, 5) is 33.6. The molecule has 24 heavy (non-hydrogen) atoms. The highest BCUT2D eigenvalue weighted by molar-refractivity contribution is 5.92. The number of carboxylic acids is 1. The maximum absolute atomic E-state index is 12.1. The van der Waals surface area contributed by atoms with Crippen molar-refractivity contribution in [3.63, 3.8) is 0 Å². The molecule has 0 fully saturated rings. The number of rotatable bonds is 6. The average molecular weight is 327 g/mol. The zero-order valence-electron chi connectivity index (χ0n) is 13.0. The largest absolute Gasteiger partial charge is 0.478 e. The van der Waals surface area contributed by atoms with Crippen molar-refractivity contribution in [1.29, 1.82) is 0 Å². The fraction of sp³-hybridized carbons (Fsp3) is 0.118. The fourth-order valence-electron chi connectivity index (χ4n) is 2.07. The molecule has 2 amide bonds. The Morgan fingerprint density at radius 1 is 1.08 bits per heavy atom. The molecule has 0 aliphatic heterocycles. The number of nitrogens with zero attached hydrogens (tertiary/aromatic N) is 1. The van der Waals surface area contributed by atoms with Crippen LogP contribution in [0.3, 0.4) is 0 Å². The molecule has 1 aromatic heterocycles. The number of hydrogen-bond donors (Lipinski definition) is 3. The van der Waals surface area contributed by atoms with Gasteiger partial charge >= 0.3 is 5.97 Å². The highest BCUT2D eigenvalue weighted by Gasteiger charge is 2.06. The third-order valence-electron chi connectivity index (χ3n) is 3.06. The first-order chi connectivity index (χ1) is 11.4. The summed E-state index contributed by atoms with van der Waals surface area (Å²) >= 11 is 0. The Labute approximate surface area is 138 Å². The van der Waals surface area contributed by atoms with Gasteiger partial charge in [0.2, 0.25) is 11.8 Å². The van der Waals surface area contributed by atoms with Gasteiger partial charge in [-0.05, 0) is 42.5 Å². The van der Waals surface area contributed by atoms with Gasteiger partial charge < -0.3 is 20.3 Å². The first kappa shape index (κ1) is 17.0. The second kappa shape index (κ2) is 7.77. The zero-order valence-corrected chi connectivity index (χ0v) is 13.0. The van der Waals surface area contributed by atoms with Gasteiger partial charge in [0, 0.05) is 36.3 Å². The van der Waals surface area contributed by atoms with E-state index in [9.17, 15) is 14.4 Å². The van der Waals surface area contributed by atoms with E-state index in [1.54, 1.807) is 47.2 Å². The Bertz CT molecular complexity index is 775. The van der Waals surface area contributed by atoms with Crippen molar-refractivity contribution >= 4 is 35.2 Å². The lowest BCUT2D eigenvalue weighted by molar-refractivity contribution is -0.131. The third-order valence-corrected chi connectivity index (χ3v) is 3.06. The third kappa shape index (κ3) is 5.13. The number of carbonyl (C=O) groups is 3. The molecule has 1 heterocycles. The van der Waals surface area contributed by atoms with Crippen molar-refractivity contribution in [3.8, 4) is 0 Å². The molecule has 0 aliphatic rings. The number of benzene rings is 1. The van der Waals surface area contributed by atoms with Crippen LogP contribution in [0.5, 0.6) is 0 Å². The number of anilines is 2. The van der Waals surface area contributed by atoms with Crippen molar-refractivity contribution < 1.29 is 19.5 Å². The van der Waals surface area contributed by atoms with Gasteiger partial charge in [-0.25, -0.2) is 4.79 Å². The van der Waals surface area contributed by atoms with Gasteiger partial charge in [-0.1, -0.05) is 0 Å². The molecule has 2 rings (SSSR count). The van der Waals surface area contributed by atoms with E-state index in [-0.39, 0.29) is 18.4 Å². The summed E-state index contributed by atoms with van der Waals surface area (Å²) in [5.41, 5.74) is 1.87. The molecular formula is C17H17N3O4. The van der Waals surface area contributed by atoms with E-state index in [0.717, 1.165) is 6.08 Å². The number of carboxylic acid groups (broad SMARTS) is 1. The molecular weight excluding hydrogens is 310 g/mol. The maximum atomic E-state index is 12.1. The Morgan fingerprint density at radius 2 is 1.71 bits per heavy atom. The SMILES string of the molecule is CC(=O)Nc1ccc(NC(=O)Cn2cccc2/C=C/C(=O)O)cc1. The molecule has 7 nitrogen and oxygen atoms in total. The summed E-state index contributed by atoms with van der Waals surface area (Å²) < 4.78 is 1.64. The van der Waals surface area contributed by atoms with Crippen molar-refractivity contribution in [2.75, 3.05) is 10.6 Å². The molecule has 124 valence electrons. The van der Waals surface area contributed by atoms with Crippen molar-refractivity contribution in [3.05, 3.63) is 54.4 Å². The standard InChI is InChI=1S/C17H17N3O4/c1-12(21)18-13-4-6-14(7-5-13)19-16(22)11-20-10-2-3-15(20)8-9-17(23)24/h2-10H,11H2,1H3,(H,18,21)(H,19,22)(H,23,24)/b9-8+. The van der Waals surface area contributed by atoms with Crippen LogP contribution in [-0.2, 0) is 20.9 Å². The summed E-state index contributed by atoms with van der Waals surface area (Å²) in [6, 6.07) is 10.2. The van der Waals surface area contributed by atoms with Gasteiger partial charge in [-0.3, -0.25) is 9.59 Å². The minimum Gasteiger partial charge on any atom is -0.478 e. The lowest BCUT2D eigenvalue weighted by atomic mass is 10.2. The van der Waals surface area contributed by atoms with Crippen LogP contribution in [0.15, 0.2) is 48.7 Å². The van der Waals surface area contributed by atoms with Crippen LogP contribution >= 0.6 is 0 Å². The number of amides is 2. The molecule has 1 aromatic carbocycles. The number of hydrogen-bond acceptors (Lipinski definition) is 3. The summed E-state index contributed by atoms with van der Waals surface area (Å²) in [5.74, 6) is -1.46. The molecule has 0 saturated carbocycles. The Hall–Kier alpha value is -3.35. The molecule has 0 unspecified atom stereocenters. The van der Waals surface area contributed by atoms with Gasteiger partial charge in [0.1, 0.15) is 6.54 Å². The Morgan fingerprint density at radius 3 is 2.29 bits per heavy atom. The van der Waals surface area contributed by atoms with E-state index >= 15 is 0 Å². The van der Waals surface area contributed by atoms with Gasteiger partial charge in [0.25, 0.3) is 0 Å². The van der Waals surface area contributed by atoms with Gasteiger partial charge in [0.15, 0.2) is 0 Å². The smallest absolute Gasteiger partial charge is 0.328 e. The highest BCUT2D eigenvalue weighted by atomic mass is 16.4. The van der Waals surface area contributed by atoms with Crippen LogP contribution in [0.25, 0.3) is 6.08 Å². The molecule has 7 heteroatoms. The van der Waals surface area contributed by atoms with Crippen LogP contribution in [-0.4, -0.2) is 27.5 Å². The minimum absolute atomic E-state index is 0.0553. The van der Waals surface area contributed by atoms with Crippen LogP contribution < -0.4 is 10.6 Å². The summed E-state index contributed by atoms with van der Waals surface area (Å²) in [7, 11) is 0. The molecule has 2 aromatic rings. The predicted molar refractivity (Wildman–Crippen MR) is 90.5 cm³/mol. The second-order valence-corrected chi connectivity index (χ2v) is 5.04. The van der Waals surface area contributed by atoms with Crippen LogP contribution in [0.4, 0.5) is 11.4 Å². The van der Waals surface area contributed by atoms with E-state index in [1.807, 2.05) is 0 Å². The van der Waals surface area contributed by atoms with Crippen molar-refractivity contribution in [2.45, 2.75) is 13.5 Å². The van der Waals surface area contributed by atoms with E-state index in [2.05, 4.69) is 10.6 Å². The normalized spacial score (nSPS) is 10.5. The van der Waals surface area contributed by atoms with Gasteiger partial charge in [0.05, 0.1) is 0 Å². The Kier molecular flexibility index (Phi) is 5.51. The van der Waals surface area contributed by atoms with Crippen LogP contribution in [0, 0.1) is 0 Å². The summed E-state index contributed by atoms with van der Waals surface area (Å²) in [5, 5.41) is 14.0. The van der Waals surface area contributed by atoms with E-state index in [1.165, 1.54) is 13.0 Å². The molecule has 0 aliphatic carbocycles. The quantitative estimate of drug-likeness (QED) is 0.708. The molecule has 0 atom stereocenters. The van der Waals surface area contributed by atoms with Crippen molar-refractivity contribution in [1.82, 2.24) is 4.57 Å². The average Bonchev–Trinajstić information content (AvgIpc) is 2.93. The summed E-state index contributed by atoms with van der Waals surface area (Å²) in [6.07, 6.45) is 4.14. The first-order valence-corrected chi connectivity index (χ1v) is 7.17. The monoisotopic (exact) mass is 327 g/mol. The molecule has 0 spiro atoms. The lowest BCUT2D eigenvalue weighted by Crippen LogP contribution is -2.19. The first-order valence-electron chi connectivity index (χ1n) is 7.17. The molecule has 0 saturated heterocycles. The van der Waals surface area contributed by atoms with Crippen LogP contribution in [0.1, 0.15) is 12.6 Å². The maximum Gasteiger partial charge on any atom is 0.328 e. The minimum atomic E-state index is -1.05. The zero-order chi connectivity index (χ0) is 17.5.